The Balaban J connectivity index is 1.83. The first-order chi connectivity index (χ1) is 9.42. The van der Waals surface area contributed by atoms with Gasteiger partial charge in [0.15, 0.2) is 0 Å². The highest BCUT2D eigenvalue weighted by Crippen LogP contribution is 2.30. The molecule has 0 bridgehead atoms. The molecule has 1 aliphatic rings. The normalized spacial score (nSPS) is 23.6. The molecule has 1 fully saturated rings. The van der Waals surface area contributed by atoms with Crippen LogP contribution >= 0.6 is 11.3 Å². The minimum atomic E-state index is -0.844. The number of carboxylic acid groups (broad SMARTS) is 1. The van der Waals surface area contributed by atoms with E-state index in [9.17, 15) is 9.59 Å². The van der Waals surface area contributed by atoms with Gasteiger partial charge in [-0.15, -0.1) is 11.3 Å². The average molecular weight is 297 g/mol. The summed E-state index contributed by atoms with van der Waals surface area (Å²) < 4.78 is 0. The molecule has 0 spiro atoms. The van der Waals surface area contributed by atoms with Crippen LogP contribution in [-0.2, 0) is 4.79 Å². The Kier molecular flexibility index (Phi) is 4.27. The van der Waals surface area contributed by atoms with Crippen LogP contribution in [0, 0.1) is 5.41 Å². The minimum Gasteiger partial charge on any atom is -0.481 e. The number of aromatic nitrogens is 1. The summed E-state index contributed by atoms with van der Waals surface area (Å²) in [6.45, 7) is 4.94. The molecule has 2 heterocycles. The second-order valence-corrected chi connectivity index (χ2v) is 6.42. The van der Waals surface area contributed by atoms with E-state index in [1.54, 1.807) is 29.4 Å². The maximum atomic E-state index is 12.0. The summed E-state index contributed by atoms with van der Waals surface area (Å²) in [6, 6.07) is -0.196. The summed E-state index contributed by atoms with van der Waals surface area (Å²) in [5, 5.41) is 14.9. The van der Waals surface area contributed by atoms with Crippen molar-refractivity contribution in [1.82, 2.24) is 15.2 Å². The molecule has 0 radical (unpaired) electrons. The number of hydrogen-bond donors (Lipinski definition) is 2. The van der Waals surface area contributed by atoms with E-state index in [1.807, 2.05) is 12.3 Å². The number of hydrogen-bond acceptors (Lipinski definition) is 4. The molecule has 7 heteroatoms. The van der Waals surface area contributed by atoms with Crippen molar-refractivity contribution in [1.29, 1.82) is 0 Å². The second-order valence-electron chi connectivity index (χ2n) is 5.49. The van der Waals surface area contributed by atoms with Crippen LogP contribution < -0.4 is 5.32 Å². The molecule has 2 atom stereocenters. The molecule has 2 unspecified atom stereocenters. The Hall–Kier alpha value is -1.63. The lowest BCUT2D eigenvalue weighted by atomic mass is 9.90. The Labute approximate surface area is 121 Å². The maximum Gasteiger partial charge on any atom is 0.317 e. The summed E-state index contributed by atoms with van der Waals surface area (Å²) in [4.78, 5) is 29.0. The van der Waals surface area contributed by atoms with Crippen LogP contribution in [0.3, 0.4) is 0 Å². The topological polar surface area (TPSA) is 82.5 Å². The first kappa shape index (κ1) is 14.8. The fraction of sp³-hybridized carbons (Fsp3) is 0.615. The maximum absolute atomic E-state index is 12.0. The summed E-state index contributed by atoms with van der Waals surface area (Å²) in [5.41, 5.74) is -0.821. The van der Waals surface area contributed by atoms with E-state index in [0.717, 1.165) is 5.01 Å². The lowest BCUT2D eigenvalue weighted by molar-refractivity contribution is -0.146. The lowest BCUT2D eigenvalue weighted by Gasteiger charge is -2.21. The van der Waals surface area contributed by atoms with Crippen LogP contribution in [0.4, 0.5) is 4.79 Å². The van der Waals surface area contributed by atoms with E-state index in [-0.39, 0.29) is 18.5 Å². The summed E-state index contributed by atoms with van der Waals surface area (Å²) in [7, 11) is 0. The van der Waals surface area contributed by atoms with E-state index < -0.39 is 11.4 Å². The number of likely N-dealkylation sites (tertiary alicyclic amines) is 1. The van der Waals surface area contributed by atoms with Crippen LogP contribution in [0.2, 0.25) is 0 Å². The molecule has 1 aliphatic heterocycles. The largest absolute Gasteiger partial charge is 0.481 e. The molecule has 0 saturated carbocycles. The molecule has 1 aromatic rings. The Morgan fingerprint density at radius 3 is 2.95 bits per heavy atom. The third kappa shape index (κ3) is 3.09. The van der Waals surface area contributed by atoms with Gasteiger partial charge >= 0.3 is 12.0 Å². The fourth-order valence-electron chi connectivity index (χ4n) is 2.23. The van der Waals surface area contributed by atoms with Crippen LogP contribution in [0.1, 0.15) is 31.2 Å². The molecule has 2 N–H and O–H groups in total. The Morgan fingerprint density at radius 2 is 2.40 bits per heavy atom. The molecule has 0 aliphatic carbocycles. The van der Waals surface area contributed by atoms with Crippen molar-refractivity contribution in [3.05, 3.63) is 16.6 Å². The van der Waals surface area contributed by atoms with E-state index in [4.69, 9.17) is 5.11 Å². The first-order valence-electron chi connectivity index (χ1n) is 6.58. The van der Waals surface area contributed by atoms with Gasteiger partial charge in [0, 0.05) is 37.1 Å². The van der Waals surface area contributed by atoms with Crippen molar-refractivity contribution in [2.45, 2.75) is 26.2 Å². The molecule has 1 aromatic heterocycles. The Morgan fingerprint density at radius 1 is 1.65 bits per heavy atom. The molecule has 6 nitrogen and oxygen atoms in total. The number of nitrogens with one attached hydrogen (secondary N) is 1. The fourth-order valence-corrected chi connectivity index (χ4v) is 2.92. The van der Waals surface area contributed by atoms with Gasteiger partial charge in [-0.25, -0.2) is 9.78 Å². The third-order valence-corrected chi connectivity index (χ3v) is 4.72. The third-order valence-electron chi connectivity index (χ3n) is 3.71. The number of carboxylic acids is 1. The number of aliphatic carboxylic acids is 1. The molecule has 2 rings (SSSR count). The molecule has 20 heavy (non-hydrogen) atoms. The van der Waals surface area contributed by atoms with Crippen molar-refractivity contribution in [2.24, 2.45) is 5.41 Å². The van der Waals surface area contributed by atoms with Gasteiger partial charge < -0.3 is 15.3 Å². The molecular formula is C13H19N3O3S. The van der Waals surface area contributed by atoms with Crippen molar-refractivity contribution < 1.29 is 14.7 Å². The zero-order valence-electron chi connectivity index (χ0n) is 11.6. The SMILES string of the molecule is CC(CNC(=O)N1CCC(C)(C(=O)O)C1)c1nccs1. The smallest absolute Gasteiger partial charge is 0.317 e. The van der Waals surface area contributed by atoms with E-state index >= 15 is 0 Å². The van der Waals surface area contributed by atoms with E-state index in [0.29, 0.717) is 19.5 Å². The molecule has 0 aromatic carbocycles. The van der Waals surface area contributed by atoms with Gasteiger partial charge in [0.25, 0.3) is 0 Å². The van der Waals surface area contributed by atoms with Crippen molar-refractivity contribution >= 4 is 23.3 Å². The van der Waals surface area contributed by atoms with Gasteiger partial charge in [0.2, 0.25) is 0 Å². The highest BCUT2D eigenvalue weighted by molar-refractivity contribution is 7.09. The van der Waals surface area contributed by atoms with Gasteiger partial charge in [0.05, 0.1) is 10.4 Å². The first-order valence-corrected chi connectivity index (χ1v) is 7.46. The van der Waals surface area contributed by atoms with Gasteiger partial charge in [-0.2, -0.15) is 0 Å². The van der Waals surface area contributed by atoms with Crippen LogP contribution in [0.25, 0.3) is 0 Å². The summed E-state index contributed by atoms with van der Waals surface area (Å²) in [5.74, 6) is -0.684. The van der Waals surface area contributed by atoms with Crippen LogP contribution in [-0.4, -0.2) is 46.6 Å². The number of carbonyl (C=O) groups is 2. The second kappa shape index (κ2) is 5.78. The van der Waals surface area contributed by atoms with Crippen LogP contribution in [0.15, 0.2) is 11.6 Å². The van der Waals surface area contributed by atoms with E-state index in [2.05, 4.69) is 10.3 Å². The zero-order valence-corrected chi connectivity index (χ0v) is 12.4. The van der Waals surface area contributed by atoms with Crippen molar-refractivity contribution in [3.63, 3.8) is 0 Å². The molecular weight excluding hydrogens is 278 g/mol. The minimum absolute atomic E-state index is 0.160. The van der Waals surface area contributed by atoms with Gasteiger partial charge in [-0.3, -0.25) is 4.79 Å². The quantitative estimate of drug-likeness (QED) is 0.887. The molecule has 2 amide bonds. The number of rotatable bonds is 4. The predicted octanol–water partition coefficient (Wildman–Crippen LogP) is 1.75. The molecule has 1 saturated heterocycles. The van der Waals surface area contributed by atoms with Gasteiger partial charge in [-0.1, -0.05) is 6.92 Å². The molecule has 110 valence electrons. The predicted molar refractivity (Wildman–Crippen MR) is 75.9 cm³/mol. The van der Waals surface area contributed by atoms with E-state index in [1.165, 1.54) is 0 Å². The van der Waals surface area contributed by atoms with Gasteiger partial charge in [0.1, 0.15) is 0 Å². The van der Waals surface area contributed by atoms with Gasteiger partial charge in [-0.05, 0) is 13.3 Å². The van der Waals surface area contributed by atoms with Crippen LogP contribution in [0.5, 0.6) is 0 Å². The standard InChI is InChI=1S/C13H19N3O3S/c1-9(10-14-4-6-20-10)7-15-12(19)16-5-3-13(2,8-16)11(17)18/h4,6,9H,3,5,7-8H2,1-2H3,(H,15,19)(H,17,18). The highest BCUT2D eigenvalue weighted by Gasteiger charge is 2.42. The highest BCUT2D eigenvalue weighted by atomic mass is 32.1. The van der Waals surface area contributed by atoms with Crippen molar-refractivity contribution in [2.75, 3.05) is 19.6 Å². The zero-order chi connectivity index (χ0) is 14.8. The van der Waals surface area contributed by atoms with Crippen molar-refractivity contribution in [3.8, 4) is 0 Å². The monoisotopic (exact) mass is 297 g/mol. The summed E-state index contributed by atoms with van der Waals surface area (Å²) >= 11 is 1.56. The number of nitrogens with zero attached hydrogens (tertiary/aromatic N) is 2. The number of thiazole rings is 1. The Bertz CT molecular complexity index is 491. The summed E-state index contributed by atoms with van der Waals surface area (Å²) in [6.07, 6.45) is 2.24. The number of carbonyl (C=O) groups excluding carboxylic acids is 1. The number of urea groups is 1. The number of amides is 2. The lowest BCUT2D eigenvalue weighted by Crippen LogP contribution is -2.42. The average Bonchev–Trinajstić information content (AvgIpc) is 3.05.